The third-order valence-electron chi connectivity index (χ3n) is 6.01. The summed E-state index contributed by atoms with van der Waals surface area (Å²) in [6.45, 7) is 1.91. The van der Waals surface area contributed by atoms with Crippen molar-refractivity contribution < 1.29 is 9.53 Å². The topological polar surface area (TPSA) is 72.3 Å². The highest BCUT2D eigenvalue weighted by Crippen LogP contribution is 2.40. The number of carbonyl (C=O) groups is 1. The molecule has 1 aromatic carbocycles. The van der Waals surface area contributed by atoms with E-state index in [-0.39, 0.29) is 5.82 Å². The highest BCUT2D eigenvalue weighted by molar-refractivity contribution is 6.60. The van der Waals surface area contributed by atoms with Crippen LogP contribution < -0.4 is 5.32 Å². The van der Waals surface area contributed by atoms with Gasteiger partial charge in [0.05, 0.1) is 43.3 Å². The summed E-state index contributed by atoms with van der Waals surface area (Å²) in [5, 5.41) is -5.49. The Bertz CT molecular complexity index is 1270. The summed E-state index contributed by atoms with van der Waals surface area (Å²) in [6, 6.07) is 6.41. The zero-order valence-corrected chi connectivity index (χ0v) is 18.7. The molecule has 150 valence electrons. The van der Waals surface area contributed by atoms with Crippen LogP contribution in [0.15, 0.2) is 36.7 Å². The molecule has 16 radical (unpaired) electrons. The second-order valence-corrected chi connectivity index (χ2v) is 8.49. The fourth-order valence-corrected chi connectivity index (χ4v) is 3.74. The third kappa shape index (κ3) is 3.72. The summed E-state index contributed by atoms with van der Waals surface area (Å²) in [6.07, 6.45) is 3.35. The Morgan fingerprint density at radius 3 is 2.09 bits per heavy atom. The number of hydrogen-bond acceptors (Lipinski definition) is 4. The first-order valence-corrected chi connectivity index (χ1v) is 10.1. The Labute approximate surface area is 208 Å². The lowest BCUT2D eigenvalue weighted by Crippen LogP contribution is -2.87. The molecule has 2 amide bonds. The normalized spacial score (nSPS) is 20.1. The average molecular weight is 430 g/mol. The van der Waals surface area contributed by atoms with Gasteiger partial charge in [-0.2, -0.15) is 0 Å². The molecule has 1 aliphatic rings. The number of nitrogens with zero attached hydrogens (tertiary/aromatic N) is 4. The van der Waals surface area contributed by atoms with Gasteiger partial charge < -0.3 is 14.2 Å². The number of morpholine rings is 1. The van der Waals surface area contributed by atoms with Crippen LogP contribution in [0.25, 0.3) is 22.0 Å². The van der Waals surface area contributed by atoms with Crippen molar-refractivity contribution in [3.63, 3.8) is 0 Å². The number of anilines is 1. The second kappa shape index (κ2) is 7.80. The van der Waals surface area contributed by atoms with E-state index in [9.17, 15) is 4.79 Å². The van der Waals surface area contributed by atoms with Gasteiger partial charge in [0.2, 0.25) is 0 Å². The summed E-state index contributed by atoms with van der Waals surface area (Å²) in [5.41, 5.74) is 1.84. The van der Waals surface area contributed by atoms with Gasteiger partial charge in [0.15, 0.2) is 0 Å². The molecule has 0 unspecified atom stereocenters. The van der Waals surface area contributed by atoms with Crippen LogP contribution >= 0.6 is 0 Å². The molecule has 0 spiro atoms. The fourth-order valence-electron chi connectivity index (χ4n) is 3.74. The summed E-state index contributed by atoms with van der Waals surface area (Å²) in [5.74, 6) is 1.00. The van der Waals surface area contributed by atoms with Gasteiger partial charge in [0.25, 0.3) is 0 Å². The van der Waals surface area contributed by atoms with Crippen molar-refractivity contribution in [3.8, 4) is 11.3 Å². The minimum atomic E-state index is -2.41. The molecule has 0 saturated carbocycles. The van der Waals surface area contributed by atoms with E-state index in [0.717, 1.165) is 27.9 Å². The van der Waals surface area contributed by atoms with Gasteiger partial charge in [0, 0.05) is 24.2 Å². The highest BCUT2D eigenvalue weighted by atomic mass is 16.5. The van der Waals surface area contributed by atoms with Crippen LogP contribution in [0.1, 0.15) is 5.82 Å². The van der Waals surface area contributed by atoms with Crippen LogP contribution in [-0.4, -0.2) is 110 Å². The van der Waals surface area contributed by atoms with Crippen LogP contribution in [0.3, 0.4) is 0 Å². The van der Waals surface area contributed by atoms with Crippen LogP contribution in [0.4, 0.5) is 10.6 Å². The molecule has 1 N–H and O–H groups in total. The molecule has 15 heteroatoms. The SMILES string of the molecule is [B]C1([B])OC([B])([B])C([B])([B])N(C(=O)Nc2cc3cc(-c4cnc(C)n4C)ccc3cn2)C1([B])[B]. The minimum absolute atomic E-state index is 0.133. The van der Waals surface area contributed by atoms with Crippen LogP contribution in [-0.2, 0) is 11.8 Å². The van der Waals surface area contributed by atoms with Gasteiger partial charge in [-0.1, -0.05) is 12.1 Å². The van der Waals surface area contributed by atoms with E-state index < -0.39 is 27.5 Å². The van der Waals surface area contributed by atoms with E-state index in [0.29, 0.717) is 4.90 Å². The van der Waals surface area contributed by atoms with Gasteiger partial charge in [-0.05, 0) is 45.9 Å². The van der Waals surface area contributed by atoms with Crippen molar-refractivity contribution in [2.24, 2.45) is 7.05 Å². The molecule has 34 heavy (non-hydrogen) atoms. The quantitative estimate of drug-likeness (QED) is 0.518. The molecule has 1 aliphatic heterocycles. The summed E-state index contributed by atoms with van der Waals surface area (Å²) >= 11 is 0. The van der Waals surface area contributed by atoms with Crippen LogP contribution in [0.2, 0.25) is 0 Å². The molecule has 0 atom stereocenters. The van der Waals surface area contributed by atoms with E-state index in [1.807, 2.05) is 36.7 Å². The number of hydrogen-bond donors (Lipinski definition) is 1. The summed E-state index contributed by atoms with van der Waals surface area (Å²) < 4.78 is 7.08. The van der Waals surface area contributed by atoms with Crippen molar-refractivity contribution in [1.82, 2.24) is 19.4 Å². The number of fused-ring (bicyclic) bond motifs is 1. The molecule has 1 saturated heterocycles. The molecule has 4 rings (SSSR count). The van der Waals surface area contributed by atoms with Gasteiger partial charge in [-0.3, -0.25) is 5.32 Å². The first-order chi connectivity index (χ1) is 15.6. The number of ether oxygens (including phenoxy) is 1. The molecule has 0 bridgehead atoms. The number of imidazole rings is 1. The summed E-state index contributed by atoms with van der Waals surface area (Å²) in [4.78, 5) is 22.3. The third-order valence-corrected chi connectivity index (χ3v) is 6.01. The monoisotopic (exact) mass is 431 g/mol. The second-order valence-electron chi connectivity index (χ2n) is 8.49. The zero-order valence-electron chi connectivity index (χ0n) is 18.7. The van der Waals surface area contributed by atoms with Gasteiger partial charge in [-0.15, -0.1) is 0 Å². The van der Waals surface area contributed by atoms with E-state index in [2.05, 4.69) is 15.3 Å². The number of amides is 2. The predicted molar refractivity (Wildman–Crippen MR) is 138 cm³/mol. The standard InChI is InChI=1S/C19H13B8N5O2/c1-9-28-8-13(31(9)2)10-3-4-11-7-29-14(6-12(11)5-10)30-15(33)32-16(20,21)18(24,25)34-19(26,27)17(32,22)23/h3-8H,1-2H3,(H,29,30,33). The number of aromatic nitrogens is 3. The number of rotatable bonds is 2. The molecular weight excluding hydrogens is 417 g/mol. The zero-order chi connectivity index (χ0) is 25.3. The molecule has 0 aliphatic carbocycles. The average Bonchev–Trinajstić information content (AvgIpc) is 3.03. The minimum Gasteiger partial charge on any atom is -0.405 e. The number of carbonyl (C=O) groups excluding carboxylic acids is 1. The van der Waals surface area contributed by atoms with Crippen LogP contribution in [0.5, 0.6) is 0 Å². The van der Waals surface area contributed by atoms with Crippen molar-refractivity contribution in [3.05, 3.63) is 42.5 Å². The Morgan fingerprint density at radius 2 is 1.53 bits per heavy atom. The molecule has 1 fully saturated rings. The van der Waals surface area contributed by atoms with Crippen molar-refractivity contribution in [1.29, 1.82) is 0 Å². The number of aryl methyl sites for hydroxylation is 1. The molecule has 3 heterocycles. The Balaban J connectivity index is 1.70. The molecular formula is C19H13B8N5O2. The van der Waals surface area contributed by atoms with Crippen molar-refractivity contribution in [2.75, 3.05) is 5.32 Å². The molecule has 7 nitrogen and oxygen atoms in total. The Morgan fingerprint density at radius 1 is 0.912 bits per heavy atom. The molecule has 2 aromatic heterocycles. The fraction of sp³-hybridized carbons (Fsp3) is 0.316. The number of benzene rings is 1. The highest BCUT2D eigenvalue weighted by Gasteiger charge is 2.58. The Hall–Kier alpha value is -2.41. The van der Waals surface area contributed by atoms with Crippen molar-refractivity contribution >= 4 is 85.4 Å². The number of nitrogens with one attached hydrogen (secondary N) is 1. The molecule has 3 aromatic rings. The lowest BCUT2D eigenvalue weighted by atomic mass is 9.30. The largest absolute Gasteiger partial charge is 0.405 e. The lowest BCUT2D eigenvalue weighted by Gasteiger charge is -2.69. The number of pyridine rings is 1. The number of urea groups is 1. The maximum Gasteiger partial charge on any atom is 0.321 e. The first-order valence-electron chi connectivity index (χ1n) is 10.1. The van der Waals surface area contributed by atoms with E-state index in [1.165, 1.54) is 0 Å². The van der Waals surface area contributed by atoms with Crippen LogP contribution in [0, 0.1) is 6.92 Å². The lowest BCUT2D eigenvalue weighted by molar-refractivity contribution is -0.0913. The Kier molecular flexibility index (Phi) is 5.67. The smallest absolute Gasteiger partial charge is 0.321 e. The van der Waals surface area contributed by atoms with Gasteiger partial charge >= 0.3 is 6.03 Å². The predicted octanol–water partition coefficient (Wildman–Crippen LogP) is -1.23. The van der Waals surface area contributed by atoms with E-state index >= 15 is 0 Å². The maximum atomic E-state index is 13.2. The van der Waals surface area contributed by atoms with Gasteiger partial charge in [-0.25, -0.2) is 14.8 Å². The first kappa shape index (κ1) is 24.7. The van der Waals surface area contributed by atoms with E-state index in [1.54, 1.807) is 18.5 Å². The van der Waals surface area contributed by atoms with E-state index in [4.69, 9.17) is 67.5 Å². The maximum absolute atomic E-state index is 13.2. The van der Waals surface area contributed by atoms with Crippen molar-refractivity contribution in [2.45, 2.75) is 28.4 Å². The van der Waals surface area contributed by atoms with Gasteiger partial charge in [0.1, 0.15) is 43.0 Å². The summed E-state index contributed by atoms with van der Waals surface area (Å²) in [7, 11) is 49.3.